The summed E-state index contributed by atoms with van der Waals surface area (Å²) in [4.78, 5) is 0. The van der Waals surface area contributed by atoms with E-state index in [0.29, 0.717) is 0 Å². The first-order valence-electron chi connectivity index (χ1n) is 42.3. The Hall–Kier alpha value is -14.6. The zero-order chi connectivity index (χ0) is 81.7. The van der Waals surface area contributed by atoms with Crippen LogP contribution in [0.3, 0.4) is 0 Å². The van der Waals surface area contributed by atoms with Gasteiger partial charge in [-0.2, -0.15) is 0 Å². The van der Waals surface area contributed by atoms with E-state index in [1.807, 2.05) is 0 Å². The van der Waals surface area contributed by atoms with Crippen molar-refractivity contribution < 1.29 is 0 Å². The molecule has 574 valence electrons. The average Bonchev–Trinajstić information content (AvgIpc) is 0.752. The lowest BCUT2D eigenvalue weighted by atomic mass is 9.84. The Labute approximate surface area is 710 Å². The zero-order valence-electron chi connectivity index (χ0n) is 69.1. The highest BCUT2D eigenvalue weighted by molar-refractivity contribution is 6.88. The molecule has 0 aliphatic carbocycles. The van der Waals surface area contributed by atoms with Gasteiger partial charge in [-0.1, -0.05) is 437 Å². The van der Waals surface area contributed by atoms with E-state index in [1.165, 1.54) is 230 Å². The van der Waals surface area contributed by atoms with Crippen LogP contribution in [0.4, 0.5) is 0 Å². The second-order valence-electron chi connectivity index (χ2n) is 33.5. The smallest absolute Gasteiger partial charge is 0.0656 e. The van der Waals surface area contributed by atoms with Gasteiger partial charge in [-0.05, 0) is 270 Å². The lowest BCUT2D eigenvalue weighted by Gasteiger charge is -2.19. The Morgan fingerprint density at radius 1 is 0.140 bits per heavy atom. The minimum atomic E-state index is -1.37. The summed E-state index contributed by atoms with van der Waals surface area (Å²) in [5, 5.41) is 24.5. The zero-order valence-corrected chi connectivity index (χ0v) is 70.1. The van der Waals surface area contributed by atoms with Gasteiger partial charge in [-0.15, -0.1) is 0 Å². The minimum Gasteiger partial charge on any atom is -0.0656 e. The fourth-order valence-electron chi connectivity index (χ4n) is 19.1. The summed E-state index contributed by atoms with van der Waals surface area (Å²) in [6.07, 6.45) is 0. The number of aryl methyl sites for hydroxylation is 3. The molecule has 0 heterocycles. The molecule has 0 atom stereocenters. The number of rotatable bonds is 11. The van der Waals surface area contributed by atoms with Crippen molar-refractivity contribution in [2.24, 2.45) is 0 Å². The van der Waals surface area contributed by atoms with E-state index >= 15 is 0 Å². The predicted octanol–water partition coefficient (Wildman–Crippen LogP) is 33.6. The van der Waals surface area contributed by atoms with Crippen LogP contribution in [0.5, 0.6) is 0 Å². The van der Waals surface area contributed by atoms with E-state index in [1.54, 1.807) is 0 Å². The summed E-state index contributed by atoms with van der Waals surface area (Å²) in [7, 11) is -1.37. The molecule has 0 amide bonds. The number of hydrogen-bond acceptors (Lipinski definition) is 0. The second-order valence-corrected chi connectivity index (χ2v) is 38.6. The van der Waals surface area contributed by atoms with Gasteiger partial charge in [0.15, 0.2) is 0 Å². The summed E-state index contributed by atoms with van der Waals surface area (Å²) >= 11 is 0. The van der Waals surface area contributed by atoms with Gasteiger partial charge in [0.2, 0.25) is 0 Å². The molecule has 121 heavy (non-hydrogen) atoms. The van der Waals surface area contributed by atoms with Crippen LogP contribution in [0.1, 0.15) is 16.7 Å². The van der Waals surface area contributed by atoms with E-state index in [2.05, 4.69) is 477 Å². The van der Waals surface area contributed by atoms with Crippen molar-refractivity contribution >= 4 is 110 Å². The SMILES string of the molecule is C[Si](C)(C)c1cccc(-c2ccc(-c3c4ccccc4c(-c4ccc5ccccc5c4)c4ccccc34)cc2)c1.Cc1cc(C)c(-c2cccc(-c3c4ccccc4c(-c4ccc5ccccc5c4)c4ccccc34)c2)c(C)c1.c1ccc(-c2cccc(-c3ccc(-c4c5ccccc5c(-c5ccc6ccccc6c5)c5ccccc45)cc3)c2)cc1. The van der Waals surface area contributed by atoms with Gasteiger partial charge in [-0.25, -0.2) is 0 Å². The third kappa shape index (κ3) is 14.4. The van der Waals surface area contributed by atoms with Crippen LogP contribution >= 0.6 is 0 Å². The normalized spacial score (nSPS) is 11.6. The largest absolute Gasteiger partial charge is 0.0776 e. The second kappa shape index (κ2) is 32.0. The molecule has 0 spiro atoms. The molecule has 1 heteroatoms. The molecule has 0 aliphatic rings. The van der Waals surface area contributed by atoms with E-state index in [0.717, 1.165) is 0 Å². The Bertz CT molecular complexity index is 7560. The molecule has 0 saturated heterocycles. The van der Waals surface area contributed by atoms with Gasteiger partial charge >= 0.3 is 0 Å². The maximum atomic E-state index is 2.41. The van der Waals surface area contributed by atoms with Crippen molar-refractivity contribution in [1.82, 2.24) is 0 Å². The van der Waals surface area contributed by atoms with E-state index in [9.17, 15) is 0 Å². The first-order chi connectivity index (χ1) is 59.4. The van der Waals surface area contributed by atoms with Crippen molar-refractivity contribution in [2.75, 3.05) is 0 Å². The Balaban J connectivity index is 0.000000116. The van der Waals surface area contributed by atoms with Gasteiger partial charge in [0.05, 0.1) is 8.07 Å². The molecule has 0 bridgehead atoms. The van der Waals surface area contributed by atoms with Crippen molar-refractivity contribution in [3.05, 3.63) is 453 Å². The van der Waals surface area contributed by atoms with E-state index < -0.39 is 8.07 Å². The maximum absolute atomic E-state index is 2.41. The number of benzene rings is 22. The lowest BCUT2D eigenvalue weighted by Crippen LogP contribution is -2.37. The fourth-order valence-corrected chi connectivity index (χ4v) is 20.3. The van der Waals surface area contributed by atoms with Gasteiger partial charge in [0.25, 0.3) is 0 Å². The maximum Gasteiger partial charge on any atom is 0.0776 e. The highest BCUT2D eigenvalue weighted by atomic mass is 28.3. The molecule has 0 N–H and O–H groups in total. The molecular formula is C120H90Si. The lowest BCUT2D eigenvalue weighted by molar-refractivity contribution is 1.32. The number of hydrogen-bond donors (Lipinski definition) is 0. The minimum absolute atomic E-state index is 1.22. The Morgan fingerprint density at radius 3 is 0.678 bits per heavy atom. The van der Waals surface area contributed by atoms with Gasteiger partial charge in [0.1, 0.15) is 0 Å². The monoisotopic (exact) mass is 1560 g/mol. The van der Waals surface area contributed by atoms with Crippen LogP contribution in [0.2, 0.25) is 19.6 Å². The number of fused-ring (bicyclic) bond motifs is 9. The van der Waals surface area contributed by atoms with Crippen molar-refractivity contribution in [2.45, 2.75) is 40.4 Å². The molecule has 0 nitrogen and oxygen atoms in total. The van der Waals surface area contributed by atoms with Crippen molar-refractivity contribution in [3.63, 3.8) is 0 Å². The summed E-state index contributed by atoms with van der Waals surface area (Å²) < 4.78 is 0. The molecule has 0 fully saturated rings. The van der Waals surface area contributed by atoms with Crippen LogP contribution in [0.15, 0.2) is 437 Å². The van der Waals surface area contributed by atoms with Crippen LogP contribution in [0, 0.1) is 20.8 Å². The molecule has 0 radical (unpaired) electrons. The average molecular weight is 1560 g/mol. The molecule has 22 aromatic rings. The highest BCUT2D eigenvalue weighted by Crippen LogP contribution is 2.49. The van der Waals surface area contributed by atoms with Crippen LogP contribution in [-0.2, 0) is 0 Å². The summed E-state index contributed by atoms with van der Waals surface area (Å²) in [6, 6.07) is 160. The highest BCUT2D eigenvalue weighted by Gasteiger charge is 2.23. The van der Waals surface area contributed by atoms with Crippen LogP contribution < -0.4 is 5.19 Å². The quantitative estimate of drug-likeness (QED) is 0.0894. The first-order valence-corrected chi connectivity index (χ1v) is 45.8. The third-order valence-corrected chi connectivity index (χ3v) is 26.8. The molecule has 0 aromatic heterocycles. The van der Waals surface area contributed by atoms with Crippen molar-refractivity contribution in [3.8, 4) is 111 Å². The summed E-state index contributed by atoms with van der Waals surface area (Å²) in [5.74, 6) is 0. The Kier molecular flexibility index (Phi) is 19.9. The summed E-state index contributed by atoms with van der Waals surface area (Å²) in [5.41, 5.74) is 29.4. The van der Waals surface area contributed by atoms with E-state index in [-0.39, 0.29) is 0 Å². The Morgan fingerprint density at radius 2 is 0.355 bits per heavy atom. The molecule has 22 aromatic carbocycles. The predicted molar refractivity (Wildman–Crippen MR) is 528 cm³/mol. The first kappa shape index (κ1) is 75.2. The van der Waals surface area contributed by atoms with Crippen molar-refractivity contribution in [1.29, 1.82) is 0 Å². The van der Waals surface area contributed by atoms with Gasteiger partial charge < -0.3 is 0 Å². The topological polar surface area (TPSA) is 0 Å². The van der Waals surface area contributed by atoms with Crippen LogP contribution in [0.25, 0.3) is 208 Å². The van der Waals surface area contributed by atoms with Crippen LogP contribution in [-0.4, -0.2) is 8.07 Å². The molecule has 0 saturated carbocycles. The fraction of sp³-hybridized carbons (Fsp3) is 0.0500. The van der Waals surface area contributed by atoms with E-state index in [4.69, 9.17) is 0 Å². The van der Waals surface area contributed by atoms with Gasteiger partial charge in [0, 0.05) is 0 Å². The third-order valence-electron chi connectivity index (χ3n) is 24.7. The molecule has 22 rings (SSSR count). The summed E-state index contributed by atoms with van der Waals surface area (Å²) in [6.45, 7) is 13.9. The molecule has 0 aliphatic heterocycles. The van der Waals surface area contributed by atoms with Gasteiger partial charge in [-0.3, -0.25) is 0 Å². The standard InChI is InChI=1S/C42H28.C39H32Si.C39H30/c1-2-11-29(12-3-1)34-15-10-16-35(27-34)31-21-24-32(25-22-31)41-37-17-6-8-19-39(37)42(40-20-9-7-18-38(40)41)36-26-23-30-13-4-5-14-33(30)28-36;1-40(2,3)33-14-10-13-31(26-33)28-19-22-29(23-20-28)38-34-15-6-8-17-36(34)39(37-18-9-7-16-35(37)38)32-24-21-27-11-4-5-12-30(27)25-32;1-25-21-26(2)37(27(3)22-25)30-13-10-14-31(24-30)38-33-15-6-8-17-35(33)39(36-18-9-7-16-34(36)38)32-20-19-28-11-4-5-12-29(28)23-32/h1-28H;4-26H,1-3H3;4-24H,1-3H3. The molecule has 0 unspecified atom stereocenters. The molecular weight excluding hydrogens is 1470 g/mol.